The van der Waals surface area contributed by atoms with Crippen molar-refractivity contribution in [2.24, 2.45) is 9.98 Å². The summed E-state index contributed by atoms with van der Waals surface area (Å²) in [6, 6.07) is 26.1. The molecule has 206 valence electrons. The van der Waals surface area contributed by atoms with E-state index in [4.69, 9.17) is 24.1 Å². The van der Waals surface area contributed by atoms with E-state index in [1.165, 1.54) is 13.8 Å². The van der Waals surface area contributed by atoms with E-state index in [1.54, 1.807) is 0 Å². The van der Waals surface area contributed by atoms with E-state index in [2.05, 4.69) is 56.9 Å². The fourth-order valence-corrected chi connectivity index (χ4v) is 4.24. The molecular weight excluding hydrogens is 593 g/mol. The van der Waals surface area contributed by atoms with E-state index in [0.717, 1.165) is 39.5 Å². The van der Waals surface area contributed by atoms with Crippen LogP contribution in [0.1, 0.15) is 59.3 Å². The SMILES string of the molecule is CC(=O)/C=C(/C)[O-].Cc1cc(C)c(C2=N[C@@H](c3ccccc3)CO2)[c-]c1C1=N[C@@H](c2ccccc2)CO1.[C-]#[O+].[Ru+2]. The van der Waals surface area contributed by atoms with Gasteiger partial charge in [-0.2, -0.15) is 0 Å². The minimum Gasteiger partial charge on any atom is 2.00 e. The van der Waals surface area contributed by atoms with Gasteiger partial charge in [-0.05, 0) is 24.1 Å². The van der Waals surface area contributed by atoms with Crippen molar-refractivity contribution >= 4 is 17.6 Å². The van der Waals surface area contributed by atoms with E-state index in [9.17, 15) is 9.90 Å². The zero-order valence-electron chi connectivity index (χ0n) is 22.8. The molecule has 0 saturated carbocycles. The first-order chi connectivity index (χ1) is 18.8. The van der Waals surface area contributed by atoms with Crippen molar-refractivity contribution < 1.29 is 43.5 Å². The number of ether oxygens (including phenoxy) is 2. The Balaban J connectivity index is 0.000000493. The van der Waals surface area contributed by atoms with Crippen LogP contribution in [-0.2, 0) is 38.4 Å². The van der Waals surface area contributed by atoms with Crippen molar-refractivity contribution in [1.29, 1.82) is 0 Å². The van der Waals surface area contributed by atoms with E-state index in [0.29, 0.717) is 25.0 Å². The zero-order chi connectivity index (χ0) is 28.4. The summed E-state index contributed by atoms with van der Waals surface area (Å²) in [6.45, 7) is 12.4. The number of allylic oxidation sites excluding steroid dienone is 2. The summed E-state index contributed by atoms with van der Waals surface area (Å²) in [4.78, 5) is 19.6. The third-order valence-corrected chi connectivity index (χ3v) is 5.98. The third-order valence-electron chi connectivity index (χ3n) is 5.98. The molecule has 0 fully saturated rings. The minimum atomic E-state index is -0.187. The number of hydrogen-bond donors (Lipinski definition) is 0. The maximum absolute atomic E-state index is 9.98. The van der Waals surface area contributed by atoms with E-state index in [1.807, 2.05) is 36.4 Å². The number of nitrogens with zero attached hydrogens (tertiary/aromatic N) is 2. The Morgan fingerprint density at radius 2 is 1.27 bits per heavy atom. The Labute approximate surface area is 248 Å². The first kappa shape index (κ1) is 32.4. The average molecular weight is 624 g/mol. The summed E-state index contributed by atoms with van der Waals surface area (Å²) in [5, 5.41) is 9.98. The number of hydrogen-bond acceptors (Lipinski definition) is 6. The van der Waals surface area contributed by atoms with Gasteiger partial charge in [0.1, 0.15) is 37.1 Å². The summed E-state index contributed by atoms with van der Waals surface area (Å²) >= 11 is 0. The van der Waals surface area contributed by atoms with Crippen molar-refractivity contribution in [1.82, 2.24) is 0 Å². The molecule has 2 aliphatic heterocycles. The van der Waals surface area contributed by atoms with Gasteiger partial charge in [0.25, 0.3) is 0 Å². The average Bonchev–Trinajstić information content (AvgIpc) is 3.61. The molecule has 5 rings (SSSR count). The number of aryl methyl sites for hydroxylation is 2. The van der Waals surface area contributed by atoms with Crippen LogP contribution in [0.25, 0.3) is 0 Å². The monoisotopic (exact) mass is 624 g/mol. The summed E-state index contributed by atoms with van der Waals surface area (Å²) < 4.78 is 19.4. The van der Waals surface area contributed by atoms with Crippen LogP contribution in [0.4, 0.5) is 0 Å². The second kappa shape index (κ2) is 15.7. The van der Waals surface area contributed by atoms with Gasteiger partial charge < -0.3 is 14.6 Å². The third kappa shape index (κ3) is 8.59. The Bertz CT molecular complexity index is 1310. The number of rotatable bonds is 5. The topological polar surface area (TPSA) is 103 Å². The van der Waals surface area contributed by atoms with Crippen LogP contribution in [0.5, 0.6) is 0 Å². The molecule has 3 aromatic rings. The van der Waals surface area contributed by atoms with Gasteiger partial charge in [-0.25, -0.2) is 0 Å². The fourth-order valence-electron chi connectivity index (χ4n) is 4.24. The molecule has 0 N–H and O–H groups in total. The molecule has 0 amide bonds. The van der Waals surface area contributed by atoms with E-state index < -0.39 is 0 Å². The molecule has 2 atom stereocenters. The Morgan fingerprint density at radius 3 is 1.60 bits per heavy atom. The van der Waals surface area contributed by atoms with Crippen molar-refractivity contribution in [2.45, 2.75) is 39.8 Å². The predicted octanol–water partition coefficient (Wildman–Crippen LogP) is 4.94. The normalized spacial score (nSPS) is 17.3. The Kier molecular flexibility index (Phi) is 12.7. The van der Waals surface area contributed by atoms with Crippen molar-refractivity contribution in [3.05, 3.63) is 125 Å². The maximum atomic E-state index is 9.98. The van der Waals surface area contributed by atoms with Crippen molar-refractivity contribution in [2.75, 3.05) is 13.2 Å². The standard InChI is InChI=1S/C26H23N2O2.C5H8O2.CO.Ru/c1-17-13-18(2)22(26-28-24(16-30-26)20-11-7-4-8-12-20)14-21(17)25-27-23(15-29-25)19-9-5-3-6-10-19;1-4(6)3-5(2)7;1-2;/h3-13,23-24H,15-16H2,1-2H3;3,6H,1-2H3;;/q-1;;;+2/p-1/b;4-3-;;/t23-,24-;;;/m1.../s1. The van der Waals surface area contributed by atoms with Crippen LogP contribution in [-0.4, -0.2) is 30.8 Å². The molecule has 8 heteroatoms. The largest absolute Gasteiger partial charge is 2.00 e. The Morgan fingerprint density at radius 1 is 0.875 bits per heavy atom. The van der Waals surface area contributed by atoms with Gasteiger partial charge >= 0.3 is 30.8 Å². The summed E-state index contributed by atoms with van der Waals surface area (Å²) in [5.74, 6) is 0.904. The molecule has 2 heterocycles. The quantitative estimate of drug-likeness (QED) is 0.132. The molecule has 7 nitrogen and oxygen atoms in total. The summed E-state index contributed by atoms with van der Waals surface area (Å²) in [6.07, 6.45) is 1.06. The molecule has 0 unspecified atom stereocenters. The van der Waals surface area contributed by atoms with Gasteiger partial charge in [0, 0.05) is 0 Å². The molecule has 0 aliphatic carbocycles. The number of ketones is 1. The molecule has 40 heavy (non-hydrogen) atoms. The van der Waals surface area contributed by atoms with Gasteiger partial charge in [0.15, 0.2) is 5.78 Å². The first-order valence-corrected chi connectivity index (χ1v) is 12.4. The molecule has 0 radical (unpaired) electrons. The van der Waals surface area contributed by atoms with Crippen LogP contribution in [0.3, 0.4) is 0 Å². The van der Waals surface area contributed by atoms with Gasteiger partial charge in [0.05, 0.1) is 0 Å². The molecule has 3 aromatic carbocycles. The molecule has 0 spiro atoms. The fraction of sp³-hybridized carbons (Fsp3) is 0.250. The van der Waals surface area contributed by atoms with Crippen LogP contribution in [0, 0.1) is 26.6 Å². The van der Waals surface area contributed by atoms with Crippen LogP contribution < -0.4 is 5.11 Å². The minimum absolute atomic E-state index is 0. The molecule has 0 bridgehead atoms. The van der Waals surface area contributed by atoms with E-state index >= 15 is 0 Å². The second-order valence-corrected chi connectivity index (χ2v) is 9.09. The molecule has 0 saturated heterocycles. The van der Waals surface area contributed by atoms with Gasteiger partial charge in [-0.3, -0.25) is 14.8 Å². The van der Waals surface area contributed by atoms with Crippen LogP contribution in [0.2, 0.25) is 0 Å². The number of carbonyl (C=O) groups excluding carboxylic acids is 1. The molecular formula is C32H30N2O5Ru. The smallest absolute Gasteiger partial charge is 2.00 e. The maximum Gasteiger partial charge on any atom is 2.00 e. The predicted molar refractivity (Wildman–Crippen MR) is 146 cm³/mol. The van der Waals surface area contributed by atoms with Gasteiger partial charge in [0.2, 0.25) is 0 Å². The molecule has 2 aliphatic rings. The summed E-state index contributed by atoms with van der Waals surface area (Å²) in [5.41, 5.74) is 6.24. The number of benzene rings is 3. The zero-order valence-corrected chi connectivity index (χ0v) is 24.5. The first-order valence-electron chi connectivity index (χ1n) is 12.4. The number of carbonyl (C=O) groups is 1. The molecule has 0 aromatic heterocycles. The van der Waals surface area contributed by atoms with Crippen molar-refractivity contribution in [3.63, 3.8) is 0 Å². The Hall–Kier alpha value is -3.83. The summed E-state index contributed by atoms with van der Waals surface area (Å²) in [7, 11) is 0. The van der Waals surface area contributed by atoms with Crippen LogP contribution in [0.15, 0.2) is 88.6 Å². The second-order valence-electron chi connectivity index (χ2n) is 9.09. The van der Waals surface area contributed by atoms with Crippen molar-refractivity contribution in [3.8, 4) is 0 Å². The van der Waals surface area contributed by atoms with Gasteiger partial charge in [-0.1, -0.05) is 92.6 Å². The van der Waals surface area contributed by atoms with Crippen LogP contribution >= 0.6 is 0 Å². The van der Waals surface area contributed by atoms with Gasteiger partial charge in [-0.15, -0.1) is 29.0 Å². The van der Waals surface area contributed by atoms with E-state index in [-0.39, 0.29) is 43.1 Å². The number of aliphatic imine (C=N–C) groups is 2.